The fraction of sp³-hybridized carbons (Fsp3) is 0.929. The number of carbonyl (C=O) groups is 1. The summed E-state index contributed by atoms with van der Waals surface area (Å²) in [6.07, 6.45) is 79.7. The quantitative estimate of drug-likeness (QED) is 0.0272. The lowest BCUT2D eigenvalue weighted by molar-refractivity contribution is -0.870. The van der Waals surface area contributed by atoms with Gasteiger partial charge in [0.25, 0.3) is 7.82 Å². The summed E-state index contributed by atoms with van der Waals surface area (Å²) in [5.74, 6) is -0.157. The summed E-state index contributed by atoms with van der Waals surface area (Å²) in [5, 5.41) is 14.1. The van der Waals surface area contributed by atoms with E-state index < -0.39 is 20.0 Å². The minimum absolute atomic E-state index is 0.0148. The molecule has 3 atom stereocenters. The van der Waals surface area contributed by atoms with E-state index in [9.17, 15) is 19.4 Å². The van der Waals surface area contributed by atoms with E-state index in [4.69, 9.17) is 9.05 Å². The van der Waals surface area contributed by atoms with E-state index in [0.717, 1.165) is 44.9 Å². The molecule has 79 heavy (non-hydrogen) atoms. The Labute approximate surface area is 494 Å². The SMILES string of the molecule is CCCCCCC/C=C\C/C=C\CCCCCCCCCCCCCCCCCCCC(=O)NC(COP(=O)([O-])OCC[N+](C)(C)C)C(O)CCCCCCCCCCCCCCCCCCCCCCCCCCCCCC. The smallest absolute Gasteiger partial charge is 0.268 e. The first-order chi connectivity index (χ1) is 38.5. The van der Waals surface area contributed by atoms with E-state index in [1.165, 1.54) is 295 Å². The summed E-state index contributed by atoms with van der Waals surface area (Å²) in [5.41, 5.74) is 0. The van der Waals surface area contributed by atoms with Gasteiger partial charge in [-0.25, -0.2) is 0 Å². The molecule has 0 aromatic heterocycles. The van der Waals surface area contributed by atoms with Crippen LogP contribution in [-0.4, -0.2) is 68.5 Å². The molecule has 470 valence electrons. The Morgan fingerprint density at radius 2 is 0.734 bits per heavy atom. The first kappa shape index (κ1) is 78.0. The largest absolute Gasteiger partial charge is 0.756 e. The first-order valence-corrected chi connectivity index (χ1v) is 36.6. The molecule has 0 spiro atoms. The second-order valence-corrected chi connectivity index (χ2v) is 27.0. The highest BCUT2D eigenvalue weighted by molar-refractivity contribution is 7.45. The Balaban J connectivity index is 4.01. The molecule has 0 aromatic carbocycles. The van der Waals surface area contributed by atoms with Crippen molar-refractivity contribution in [3.63, 3.8) is 0 Å². The van der Waals surface area contributed by atoms with E-state index in [1.807, 2.05) is 21.1 Å². The van der Waals surface area contributed by atoms with Gasteiger partial charge in [-0.2, -0.15) is 0 Å². The number of aliphatic hydroxyl groups is 1. The number of amides is 1. The lowest BCUT2D eigenvalue weighted by Crippen LogP contribution is -2.46. The number of nitrogens with zero attached hydrogens (tertiary/aromatic N) is 1. The molecule has 0 saturated carbocycles. The molecule has 1 amide bonds. The minimum Gasteiger partial charge on any atom is -0.756 e. The molecule has 3 unspecified atom stereocenters. The van der Waals surface area contributed by atoms with Crippen molar-refractivity contribution in [1.82, 2.24) is 5.32 Å². The van der Waals surface area contributed by atoms with E-state index in [1.54, 1.807) is 0 Å². The van der Waals surface area contributed by atoms with Gasteiger partial charge in [0.05, 0.1) is 39.9 Å². The Kier molecular flexibility index (Phi) is 60.7. The number of phosphoric acid groups is 1. The molecular formula is C70H139N2O6P. The Hall–Kier alpha value is -1.02. The van der Waals surface area contributed by atoms with Gasteiger partial charge in [-0.1, -0.05) is 340 Å². The van der Waals surface area contributed by atoms with Gasteiger partial charge < -0.3 is 28.8 Å². The van der Waals surface area contributed by atoms with Crippen molar-refractivity contribution < 1.29 is 32.9 Å². The second kappa shape index (κ2) is 61.5. The van der Waals surface area contributed by atoms with Crippen LogP contribution < -0.4 is 10.2 Å². The van der Waals surface area contributed by atoms with Crippen LogP contribution in [0, 0.1) is 0 Å². The Morgan fingerprint density at radius 1 is 0.443 bits per heavy atom. The molecule has 0 aromatic rings. The lowest BCUT2D eigenvalue weighted by atomic mass is 10.0. The number of rotatable bonds is 66. The van der Waals surface area contributed by atoms with Crippen molar-refractivity contribution in [2.24, 2.45) is 0 Å². The van der Waals surface area contributed by atoms with E-state index in [0.29, 0.717) is 23.9 Å². The van der Waals surface area contributed by atoms with E-state index >= 15 is 0 Å². The summed E-state index contributed by atoms with van der Waals surface area (Å²) in [6.45, 7) is 4.77. The zero-order valence-electron chi connectivity index (χ0n) is 53.9. The molecule has 0 heterocycles. The number of likely N-dealkylation sites (N-methyl/N-ethyl adjacent to an activating group) is 1. The van der Waals surface area contributed by atoms with Gasteiger partial charge >= 0.3 is 0 Å². The maximum absolute atomic E-state index is 13.1. The number of phosphoric ester groups is 1. The number of unbranched alkanes of at least 4 members (excludes halogenated alkanes) is 49. The molecule has 0 aliphatic heterocycles. The number of quaternary nitrogens is 1. The summed E-state index contributed by atoms with van der Waals surface area (Å²) < 4.78 is 23.5. The number of carbonyl (C=O) groups excluding carboxylic acids is 1. The van der Waals surface area contributed by atoms with Crippen LogP contribution in [0.2, 0.25) is 0 Å². The molecule has 0 saturated heterocycles. The van der Waals surface area contributed by atoms with Crippen molar-refractivity contribution in [3.05, 3.63) is 24.3 Å². The maximum atomic E-state index is 13.1. The average molecular weight is 1140 g/mol. The van der Waals surface area contributed by atoms with Crippen LogP contribution in [0.25, 0.3) is 0 Å². The Bertz CT molecular complexity index is 1340. The van der Waals surface area contributed by atoms with Crippen LogP contribution in [-0.2, 0) is 18.4 Å². The number of hydrogen-bond donors (Lipinski definition) is 2. The zero-order chi connectivity index (χ0) is 57.7. The second-order valence-electron chi connectivity index (χ2n) is 25.6. The van der Waals surface area contributed by atoms with Crippen molar-refractivity contribution in [3.8, 4) is 0 Å². The third-order valence-corrected chi connectivity index (χ3v) is 17.4. The minimum atomic E-state index is -4.58. The van der Waals surface area contributed by atoms with Crippen molar-refractivity contribution in [2.45, 2.75) is 379 Å². The molecular weight excluding hydrogens is 996 g/mol. The fourth-order valence-corrected chi connectivity index (χ4v) is 11.7. The number of nitrogens with one attached hydrogen (secondary N) is 1. The summed E-state index contributed by atoms with van der Waals surface area (Å²) in [6, 6.07) is -0.800. The lowest BCUT2D eigenvalue weighted by Gasteiger charge is -2.30. The normalized spacial score (nSPS) is 13.8. The third kappa shape index (κ3) is 64.4. The van der Waals surface area contributed by atoms with Crippen molar-refractivity contribution >= 4 is 13.7 Å². The fourth-order valence-electron chi connectivity index (χ4n) is 11.0. The van der Waals surface area contributed by atoms with Crippen molar-refractivity contribution in [2.75, 3.05) is 40.9 Å². The predicted octanol–water partition coefficient (Wildman–Crippen LogP) is 21.6. The number of aliphatic hydroxyl groups excluding tert-OH is 1. The highest BCUT2D eigenvalue weighted by Gasteiger charge is 2.24. The maximum Gasteiger partial charge on any atom is 0.268 e. The molecule has 0 fully saturated rings. The molecule has 0 aliphatic carbocycles. The van der Waals surface area contributed by atoms with E-state index in [-0.39, 0.29) is 19.1 Å². The molecule has 2 N–H and O–H groups in total. The van der Waals surface area contributed by atoms with Gasteiger partial charge in [0.2, 0.25) is 5.91 Å². The Morgan fingerprint density at radius 3 is 1.05 bits per heavy atom. The van der Waals surface area contributed by atoms with Gasteiger partial charge in [-0.05, 0) is 44.9 Å². The molecule has 9 heteroatoms. The third-order valence-electron chi connectivity index (χ3n) is 16.4. The summed E-state index contributed by atoms with van der Waals surface area (Å²) in [4.78, 5) is 25.7. The first-order valence-electron chi connectivity index (χ1n) is 35.2. The van der Waals surface area contributed by atoms with Crippen LogP contribution >= 0.6 is 7.82 Å². The monoisotopic (exact) mass is 1140 g/mol. The molecule has 0 radical (unpaired) electrons. The molecule has 0 bridgehead atoms. The van der Waals surface area contributed by atoms with Gasteiger partial charge in [0, 0.05) is 6.42 Å². The number of allylic oxidation sites excluding steroid dienone is 4. The molecule has 8 nitrogen and oxygen atoms in total. The highest BCUT2D eigenvalue weighted by atomic mass is 31.2. The van der Waals surface area contributed by atoms with E-state index in [2.05, 4.69) is 43.5 Å². The van der Waals surface area contributed by atoms with Gasteiger partial charge in [-0.3, -0.25) is 9.36 Å². The standard InChI is InChI=1S/C70H139N2O6P/c1-6-8-10-12-14-16-18-20-22-24-26-28-30-32-34-36-38-40-42-44-46-48-50-52-54-56-58-60-62-64-70(74)71-68(67-78-79(75,76)77-66-65-72(3,4)5)69(73)63-61-59-57-55-53-51-49-47-45-43-41-39-37-35-33-31-29-27-25-23-21-19-17-15-13-11-9-7-2/h18,20,24,26,68-69,73H,6-17,19,21-23,25,27-67H2,1-5H3,(H-,71,74,75,76)/b20-18-,26-24-. The number of hydrogen-bond acceptors (Lipinski definition) is 6. The highest BCUT2D eigenvalue weighted by Crippen LogP contribution is 2.38. The van der Waals surface area contributed by atoms with Crippen LogP contribution in [0.15, 0.2) is 24.3 Å². The average Bonchev–Trinajstić information content (AvgIpc) is 3.42. The van der Waals surface area contributed by atoms with Crippen LogP contribution in [0.3, 0.4) is 0 Å². The van der Waals surface area contributed by atoms with Crippen molar-refractivity contribution in [1.29, 1.82) is 0 Å². The zero-order valence-corrected chi connectivity index (χ0v) is 54.8. The molecule has 0 aliphatic rings. The van der Waals surface area contributed by atoms with Gasteiger partial charge in [0.15, 0.2) is 0 Å². The van der Waals surface area contributed by atoms with Gasteiger partial charge in [0.1, 0.15) is 13.2 Å². The predicted molar refractivity (Wildman–Crippen MR) is 344 cm³/mol. The molecule has 0 rings (SSSR count). The summed E-state index contributed by atoms with van der Waals surface area (Å²) >= 11 is 0. The van der Waals surface area contributed by atoms with Crippen LogP contribution in [0.1, 0.15) is 367 Å². The topological polar surface area (TPSA) is 108 Å². The van der Waals surface area contributed by atoms with Crippen LogP contribution in [0.5, 0.6) is 0 Å². The van der Waals surface area contributed by atoms with Gasteiger partial charge in [-0.15, -0.1) is 0 Å². The van der Waals surface area contributed by atoms with Crippen LogP contribution in [0.4, 0.5) is 0 Å². The summed E-state index contributed by atoms with van der Waals surface area (Å²) in [7, 11) is 1.32.